The van der Waals surface area contributed by atoms with Crippen molar-refractivity contribution in [2.24, 2.45) is 16.5 Å². The monoisotopic (exact) mass is 364 g/mol. The van der Waals surface area contributed by atoms with Crippen LogP contribution in [0.15, 0.2) is 16.6 Å². The zero-order valence-corrected chi connectivity index (χ0v) is 15.9. The van der Waals surface area contributed by atoms with Crippen LogP contribution in [0.25, 0.3) is 6.08 Å². The first kappa shape index (κ1) is 19.6. The van der Waals surface area contributed by atoms with Crippen LogP contribution in [0.5, 0.6) is 0 Å². The molecular weight excluding hydrogens is 336 g/mol. The minimum Gasteiger partial charge on any atom is -0.387 e. The molecule has 0 spiro atoms. The molecule has 0 unspecified atom stereocenters. The molecule has 1 aliphatic heterocycles. The third kappa shape index (κ3) is 5.39. The Labute approximate surface area is 153 Å². The largest absolute Gasteiger partial charge is 0.387 e. The van der Waals surface area contributed by atoms with E-state index < -0.39 is 0 Å². The van der Waals surface area contributed by atoms with E-state index in [1.165, 1.54) is 0 Å². The maximum absolute atomic E-state index is 12.9. The van der Waals surface area contributed by atoms with Crippen LogP contribution in [-0.2, 0) is 16.1 Å². The number of aliphatic imine (C=N–C) groups is 1. The Bertz CT molecular complexity index is 646. The summed E-state index contributed by atoms with van der Waals surface area (Å²) in [5.41, 5.74) is 13.0. The van der Waals surface area contributed by atoms with Gasteiger partial charge in [0.15, 0.2) is 0 Å². The summed E-state index contributed by atoms with van der Waals surface area (Å²) in [5, 5.41) is 0. The van der Waals surface area contributed by atoms with E-state index in [4.69, 9.17) is 16.2 Å². The summed E-state index contributed by atoms with van der Waals surface area (Å²) in [6, 6.07) is 1.98. The number of hydrogen-bond donors (Lipinski definition) is 2. The van der Waals surface area contributed by atoms with Crippen LogP contribution in [0.2, 0.25) is 0 Å². The average Bonchev–Trinajstić information content (AvgIpc) is 2.87. The third-order valence-corrected chi connectivity index (χ3v) is 4.83. The van der Waals surface area contributed by atoms with Crippen molar-refractivity contribution in [2.75, 3.05) is 26.2 Å². The molecule has 6 nitrogen and oxygen atoms in total. The molecular formula is C18H28N4O2S. The lowest BCUT2D eigenvalue weighted by Crippen LogP contribution is -2.34. The summed E-state index contributed by atoms with van der Waals surface area (Å²) >= 11 is 1.59. The van der Waals surface area contributed by atoms with Crippen molar-refractivity contribution in [3.63, 3.8) is 0 Å². The maximum Gasteiger partial charge on any atom is 0.250 e. The second kappa shape index (κ2) is 9.70. The van der Waals surface area contributed by atoms with Crippen LogP contribution in [0.1, 0.15) is 42.9 Å². The minimum atomic E-state index is 0.0593. The van der Waals surface area contributed by atoms with Crippen molar-refractivity contribution in [2.45, 2.75) is 39.7 Å². The molecule has 0 saturated heterocycles. The molecule has 0 fully saturated rings. The van der Waals surface area contributed by atoms with Gasteiger partial charge >= 0.3 is 0 Å². The number of thiophene rings is 1. The predicted molar refractivity (Wildman–Crippen MR) is 104 cm³/mol. The van der Waals surface area contributed by atoms with Gasteiger partial charge in [0.2, 0.25) is 5.91 Å². The molecule has 1 aromatic rings. The highest BCUT2D eigenvalue weighted by atomic mass is 32.1. The summed E-state index contributed by atoms with van der Waals surface area (Å²) in [7, 11) is 0. The second-order valence-electron chi connectivity index (χ2n) is 6.05. The van der Waals surface area contributed by atoms with E-state index in [2.05, 4.69) is 18.8 Å². The Hall–Kier alpha value is -1.70. The number of amidine groups is 1. The van der Waals surface area contributed by atoms with Gasteiger partial charge in [-0.05, 0) is 25.0 Å². The van der Waals surface area contributed by atoms with Crippen LogP contribution < -0.4 is 11.5 Å². The molecule has 2 heterocycles. The molecule has 138 valence electrons. The smallest absolute Gasteiger partial charge is 0.250 e. The van der Waals surface area contributed by atoms with E-state index in [0.717, 1.165) is 41.4 Å². The normalized spacial score (nSPS) is 13.7. The third-order valence-electron chi connectivity index (χ3n) is 3.79. The molecule has 7 heteroatoms. The fourth-order valence-corrected chi connectivity index (χ4v) is 3.76. The Balaban J connectivity index is 2.24. The molecule has 2 rings (SSSR count). The van der Waals surface area contributed by atoms with E-state index in [1.807, 2.05) is 17.0 Å². The van der Waals surface area contributed by atoms with E-state index in [9.17, 15) is 4.79 Å². The van der Waals surface area contributed by atoms with Crippen molar-refractivity contribution < 1.29 is 9.53 Å². The number of amides is 1. The van der Waals surface area contributed by atoms with Crippen molar-refractivity contribution in [3.8, 4) is 0 Å². The molecule has 1 aliphatic rings. The van der Waals surface area contributed by atoms with Gasteiger partial charge in [-0.3, -0.25) is 4.79 Å². The van der Waals surface area contributed by atoms with Gasteiger partial charge in [0.05, 0.1) is 23.8 Å². The zero-order chi connectivity index (χ0) is 18.2. The van der Waals surface area contributed by atoms with Crippen LogP contribution in [-0.4, -0.2) is 42.9 Å². The fraction of sp³-hybridized carbons (Fsp3) is 0.556. The first-order valence-electron chi connectivity index (χ1n) is 8.82. The first-order valence-corrected chi connectivity index (χ1v) is 9.64. The molecule has 0 aliphatic carbocycles. The van der Waals surface area contributed by atoms with Gasteiger partial charge in [-0.25, -0.2) is 4.99 Å². The van der Waals surface area contributed by atoms with Gasteiger partial charge in [-0.1, -0.05) is 13.8 Å². The average molecular weight is 365 g/mol. The summed E-state index contributed by atoms with van der Waals surface area (Å²) in [6.45, 7) is 7.21. The first-order chi connectivity index (χ1) is 12.1. The fourth-order valence-electron chi connectivity index (χ4n) is 2.76. The highest BCUT2D eigenvalue weighted by Crippen LogP contribution is 2.35. The Morgan fingerprint density at radius 1 is 1.36 bits per heavy atom. The summed E-state index contributed by atoms with van der Waals surface area (Å²) in [6.07, 6.45) is 4.21. The molecule has 0 bridgehead atoms. The van der Waals surface area contributed by atoms with Crippen LogP contribution in [0.3, 0.4) is 0 Å². The van der Waals surface area contributed by atoms with Crippen molar-refractivity contribution in [1.82, 2.24) is 4.90 Å². The van der Waals surface area contributed by atoms with Crippen molar-refractivity contribution >= 4 is 34.8 Å². The molecule has 4 N–H and O–H groups in total. The Kier molecular flexibility index (Phi) is 7.61. The topological polar surface area (TPSA) is 93.9 Å². The lowest BCUT2D eigenvalue weighted by atomic mass is 10.1. The number of hydrogen-bond acceptors (Lipinski definition) is 6. The molecule has 0 saturated carbocycles. The lowest BCUT2D eigenvalue weighted by molar-refractivity contribution is -0.127. The maximum atomic E-state index is 12.9. The van der Waals surface area contributed by atoms with Gasteiger partial charge < -0.3 is 21.1 Å². The van der Waals surface area contributed by atoms with Crippen LogP contribution in [0.4, 0.5) is 5.69 Å². The molecule has 1 amide bonds. The number of rotatable bonds is 9. The van der Waals surface area contributed by atoms with Gasteiger partial charge in [-0.2, -0.15) is 0 Å². The number of nitrogens with two attached hydrogens (primary N) is 2. The summed E-state index contributed by atoms with van der Waals surface area (Å²) < 4.78 is 5.49. The number of nitrogens with zero attached hydrogens (tertiary/aromatic N) is 2. The SMILES string of the molecule is CCCN(CCC)C(=O)C1=Cc2sc(COCCN)cc2N=C(N)C1. The van der Waals surface area contributed by atoms with E-state index in [-0.39, 0.29) is 5.91 Å². The van der Waals surface area contributed by atoms with Gasteiger partial charge in [0.1, 0.15) is 5.84 Å². The highest BCUT2D eigenvalue weighted by Gasteiger charge is 2.21. The highest BCUT2D eigenvalue weighted by molar-refractivity contribution is 7.13. The van der Waals surface area contributed by atoms with E-state index in [1.54, 1.807) is 11.3 Å². The number of ether oxygens (including phenoxy) is 1. The summed E-state index contributed by atoms with van der Waals surface area (Å²) in [5.74, 6) is 0.530. The van der Waals surface area contributed by atoms with Crippen molar-refractivity contribution in [3.05, 3.63) is 21.4 Å². The van der Waals surface area contributed by atoms with E-state index >= 15 is 0 Å². The van der Waals surface area contributed by atoms with Crippen LogP contribution in [0, 0.1) is 0 Å². The molecule has 25 heavy (non-hydrogen) atoms. The van der Waals surface area contributed by atoms with Gasteiger partial charge in [0, 0.05) is 36.5 Å². The standard InChI is InChI=1S/C18H28N4O2S/c1-3-6-22(7-4-2)18(23)13-9-16-15(21-17(20)10-13)11-14(25-16)12-24-8-5-19/h9,11H,3-8,10,12,19H2,1-2H3,(H2,20,21). The zero-order valence-electron chi connectivity index (χ0n) is 15.1. The molecule has 0 atom stereocenters. The molecule has 0 radical (unpaired) electrons. The number of carbonyl (C=O) groups is 1. The molecule has 1 aromatic heterocycles. The van der Waals surface area contributed by atoms with Gasteiger partial charge in [-0.15, -0.1) is 11.3 Å². The van der Waals surface area contributed by atoms with E-state index in [0.29, 0.717) is 37.6 Å². The Morgan fingerprint density at radius 2 is 2.08 bits per heavy atom. The quantitative estimate of drug-likeness (QED) is 0.659. The van der Waals surface area contributed by atoms with Crippen molar-refractivity contribution in [1.29, 1.82) is 0 Å². The number of carbonyl (C=O) groups excluding carboxylic acids is 1. The summed E-state index contributed by atoms with van der Waals surface area (Å²) in [4.78, 5) is 21.3. The molecule has 0 aromatic carbocycles. The second-order valence-corrected chi connectivity index (χ2v) is 7.21. The predicted octanol–water partition coefficient (Wildman–Crippen LogP) is 2.65. The number of fused-ring (bicyclic) bond motifs is 1. The van der Waals surface area contributed by atoms with Crippen LogP contribution >= 0.6 is 11.3 Å². The Morgan fingerprint density at radius 3 is 2.72 bits per heavy atom. The minimum absolute atomic E-state index is 0.0593. The van der Waals surface area contributed by atoms with Gasteiger partial charge in [0.25, 0.3) is 0 Å². The lowest BCUT2D eigenvalue weighted by Gasteiger charge is -2.22.